The molecule has 0 bridgehead atoms. The highest BCUT2D eigenvalue weighted by atomic mass is 32.2. The number of carbonyl (C=O) groups is 1. The summed E-state index contributed by atoms with van der Waals surface area (Å²) in [7, 11) is -2.06. The van der Waals surface area contributed by atoms with Crippen molar-refractivity contribution in [3.63, 3.8) is 0 Å². The van der Waals surface area contributed by atoms with Crippen LogP contribution >= 0.6 is 0 Å². The average molecular weight is 297 g/mol. The van der Waals surface area contributed by atoms with Crippen molar-refractivity contribution in [2.75, 3.05) is 13.6 Å². The van der Waals surface area contributed by atoms with E-state index in [0.29, 0.717) is 5.56 Å². The molecule has 4 N–H and O–H groups in total. The van der Waals surface area contributed by atoms with E-state index < -0.39 is 15.6 Å². The Bertz CT molecular complexity index is 592. The summed E-state index contributed by atoms with van der Waals surface area (Å²) in [6.07, 6.45) is 2.72. The Morgan fingerprint density at radius 2 is 1.90 bits per heavy atom. The summed E-state index contributed by atoms with van der Waals surface area (Å²) in [6, 6.07) is 5.79. The van der Waals surface area contributed by atoms with Gasteiger partial charge in [-0.3, -0.25) is 4.79 Å². The second-order valence-corrected chi connectivity index (χ2v) is 6.91. The molecule has 0 spiro atoms. The second-order valence-electron chi connectivity index (χ2n) is 5.14. The number of nitrogens with one attached hydrogen (secondary N) is 2. The van der Waals surface area contributed by atoms with Crippen LogP contribution in [-0.4, -0.2) is 33.5 Å². The van der Waals surface area contributed by atoms with Gasteiger partial charge in [0, 0.05) is 24.7 Å². The summed E-state index contributed by atoms with van der Waals surface area (Å²) < 4.78 is 26.7. The fourth-order valence-electron chi connectivity index (χ4n) is 2.06. The molecule has 110 valence electrons. The molecule has 1 aliphatic carbocycles. The highest BCUT2D eigenvalue weighted by Crippen LogP contribution is 2.28. The number of carbonyl (C=O) groups excluding carboxylic acids is 1. The first-order valence-electron chi connectivity index (χ1n) is 6.47. The minimum absolute atomic E-state index is 0.132. The first kappa shape index (κ1) is 15.0. The maximum Gasteiger partial charge on any atom is 0.251 e. The molecule has 1 fully saturated rings. The molecule has 1 saturated carbocycles. The molecular formula is C13H19N3O3S. The minimum Gasteiger partial charge on any atom is -0.355 e. The van der Waals surface area contributed by atoms with Crippen LogP contribution in [0.4, 0.5) is 0 Å². The zero-order chi connectivity index (χ0) is 14.8. The predicted molar refractivity (Wildman–Crippen MR) is 75.8 cm³/mol. The van der Waals surface area contributed by atoms with E-state index in [-0.39, 0.29) is 17.3 Å². The third-order valence-corrected chi connectivity index (χ3v) is 5.03. The molecule has 6 nitrogen and oxygen atoms in total. The first-order valence-corrected chi connectivity index (χ1v) is 7.95. The number of benzene rings is 1. The second kappa shape index (κ2) is 5.51. The topological polar surface area (TPSA) is 101 Å². The van der Waals surface area contributed by atoms with Crippen molar-refractivity contribution >= 4 is 15.9 Å². The summed E-state index contributed by atoms with van der Waals surface area (Å²) in [5.41, 5.74) is 6.00. The summed E-state index contributed by atoms with van der Waals surface area (Å²) in [6.45, 7) is 0.243. The largest absolute Gasteiger partial charge is 0.355 e. The van der Waals surface area contributed by atoms with Crippen LogP contribution in [0.25, 0.3) is 0 Å². The van der Waals surface area contributed by atoms with Gasteiger partial charge in [0.2, 0.25) is 10.0 Å². The van der Waals surface area contributed by atoms with Gasteiger partial charge in [-0.25, -0.2) is 13.1 Å². The van der Waals surface area contributed by atoms with Crippen LogP contribution in [0.2, 0.25) is 0 Å². The molecule has 20 heavy (non-hydrogen) atoms. The maximum atomic E-state index is 12.1. The van der Waals surface area contributed by atoms with Gasteiger partial charge < -0.3 is 11.1 Å². The lowest BCUT2D eigenvalue weighted by Gasteiger charge is -2.37. The summed E-state index contributed by atoms with van der Waals surface area (Å²) in [5.74, 6) is -0.253. The van der Waals surface area contributed by atoms with E-state index in [1.807, 2.05) is 0 Å². The number of hydrogen-bond donors (Lipinski definition) is 3. The number of amides is 1. The SMILES string of the molecule is CNC(=O)c1ccc(S(=O)(=O)NCC2(N)CCC2)cc1. The average Bonchev–Trinajstić information content (AvgIpc) is 2.42. The highest BCUT2D eigenvalue weighted by molar-refractivity contribution is 7.89. The third-order valence-electron chi connectivity index (χ3n) is 3.62. The molecule has 0 unspecified atom stereocenters. The molecule has 0 atom stereocenters. The van der Waals surface area contributed by atoms with Crippen LogP contribution in [-0.2, 0) is 10.0 Å². The van der Waals surface area contributed by atoms with E-state index in [0.717, 1.165) is 19.3 Å². The van der Waals surface area contributed by atoms with Gasteiger partial charge in [-0.1, -0.05) is 0 Å². The maximum absolute atomic E-state index is 12.1. The van der Waals surface area contributed by atoms with Gasteiger partial charge in [0.05, 0.1) is 4.90 Å². The molecule has 0 radical (unpaired) electrons. The van der Waals surface area contributed by atoms with Gasteiger partial charge in [-0.2, -0.15) is 0 Å². The summed E-state index contributed by atoms with van der Waals surface area (Å²) >= 11 is 0. The van der Waals surface area contributed by atoms with Gasteiger partial charge in [-0.15, -0.1) is 0 Å². The lowest BCUT2D eigenvalue weighted by atomic mass is 9.78. The Morgan fingerprint density at radius 1 is 1.30 bits per heavy atom. The Morgan fingerprint density at radius 3 is 2.35 bits per heavy atom. The summed E-state index contributed by atoms with van der Waals surface area (Å²) in [4.78, 5) is 11.5. The quantitative estimate of drug-likeness (QED) is 0.723. The van der Waals surface area contributed by atoms with E-state index >= 15 is 0 Å². The van der Waals surface area contributed by atoms with E-state index in [2.05, 4.69) is 10.0 Å². The van der Waals surface area contributed by atoms with Gasteiger partial charge in [0.25, 0.3) is 5.91 Å². The molecule has 1 aromatic rings. The zero-order valence-electron chi connectivity index (χ0n) is 11.3. The lowest BCUT2D eigenvalue weighted by Crippen LogP contribution is -2.54. The number of nitrogens with two attached hydrogens (primary N) is 1. The van der Waals surface area contributed by atoms with Crippen molar-refractivity contribution in [1.82, 2.24) is 10.0 Å². The Hall–Kier alpha value is -1.44. The molecular weight excluding hydrogens is 278 g/mol. The van der Waals surface area contributed by atoms with E-state index in [4.69, 9.17) is 5.73 Å². The fraction of sp³-hybridized carbons (Fsp3) is 0.462. The van der Waals surface area contributed by atoms with Crippen LogP contribution in [0.3, 0.4) is 0 Å². The van der Waals surface area contributed by atoms with E-state index in [9.17, 15) is 13.2 Å². The molecule has 1 aliphatic rings. The monoisotopic (exact) mass is 297 g/mol. The van der Waals surface area contributed by atoms with Crippen LogP contribution in [0.5, 0.6) is 0 Å². The predicted octanol–water partition coefficient (Wildman–Crippen LogP) is 0.206. The van der Waals surface area contributed by atoms with E-state index in [1.165, 1.54) is 31.3 Å². The van der Waals surface area contributed by atoms with Gasteiger partial charge in [-0.05, 0) is 43.5 Å². The molecule has 1 amide bonds. The number of sulfonamides is 1. The smallest absolute Gasteiger partial charge is 0.251 e. The molecule has 2 rings (SSSR count). The molecule has 0 aliphatic heterocycles. The lowest BCUT2D eigenvalue weighted by molar-refractivity contribution is 0.0963. The Balaban J connectivity index is 2.07. The zero-order valence-corrected chi connectivity index (χ0v) is 12.2. The van der Waals surface area contributed by atoms with Crippen molar-refractivity contribution in [2.45, 2.75) is 29.7 Å². The highest BCUT2D eigenvalue weighted by Gasteiger charge is 2.33. The fourth-order valence-corrected chi connectivity index (χ4v) is 3.20. The van der Waals surface area contributed by atoms with Crippen LogP contribution in [0, 0.1) is 0 Å². The van der Waals surface area contributed by atoms with Gasteiger partial charge in [0.1, 0.15) is 0 Å². The van der Waals surface area contributed by atoms with Crippen molar-refractivity contribution < 1.29 is 13.2 Å². The molecule has 7 heteroatoms. The summed E-state index contributed by atoms with van der Waals surface area (Å²) in [5, 5.41) is 2.48. The van der Waals surface area contributed by atoms with Gasteiger partial charge in [0.15, 0.2) is 0 Å². The Labute approximate surface area is 118 Å². The Kier molecular flexibility index (Phi) is 4.12. The van der Waals surface area contributed by atoms with Crippen molar-refractivity contribution in [3.8, 4) is 0 Å². The van der Waals surface area contributed by atoms with Crippen molar-refractivity contribution in [2.24, 2.45) is 5.73 Å². The molecule has 1 aromatic carbocycles. The standard InChI is InChI=1S/C13H19N3O3S/c1-15-12(17)10-3-5-11(6-4-10)20(18,19)16-9-13(14)7-2-8-13/h3-6,16H,2,7-9,14H2,1H3,(H,15,17). The number of hydrogen-bond acceptors (Lipinski definition) is 4. The minimum atomic E-state index is -3.58. The van der Waals surface area contributed by atoms with Gasteiger partial charge >= 0.3 is 0 Å². The normalized spacial score (nSPS) is 17.3. The van der Waals surface area contributed by atoms with Crippen molar-refractivity contribution in [1.29, 1.82) is 0 Å². The van der Waals surface area contributed by atoms with Crippen LogP contribution in [0.15, 0.2) is 29.2 Å². The van der Waals surface area contributed by atoms with Crippen LogP contribution < -0.4 is 15.8 Å². The van der Waals surface area contributed by atoms with E-state index in [1.54, 1.807) is 0 Å². The van der Waals surface area contributed by atoms with Crippen LogP contribution in [0.1, 0.15) is 29.6 Å². The first-order chi connectivity index (χ1) is 9.36. The molecule has 0 saturated heterocycles. The molecule has 0 heterocycles. The molecule has 0 aromatic heterocycles. The van der Waals surface area contributed by atoms with Crippen molar-refractivity contribution in [3.05, 3.63) is 29.8 Å². The number of rotatable bonds is 5. The third kappa shape index (κ3) is 3.17.